The van der Waals surface area contributed by atoms with Crippen molar-refractivity contribution < 1.29 is 14.3 Å². The lowest BCUT2D eigenvalue weighted by atomic mass is 9.95. The second-order valence-corrected chi connectivity index (χ2v) is 7.97. The largest absolute Gasteiger partial charge is 0.497 e. The summed E-state index contributed by atoms with van der Waals surface area (Å²) in [7, 11) is 1.66. The van der Waals surface area contributed by atoms with Crippen molar-refractivity contribution in [3.8, 4) is 17.1 Å². The SMILES string of the molecule is COc1ccc(-c2nnc(SCC(=O)OC(C)C)n2C2CCCCC2)cc1. The molecule has 0 saturated heterocycles. The minimum Gasteiger partial charge on any atom is -0.497 e. The van der Waals surface area contributed by atoms with E-state index in [1.165, 1.54) is 31.0 Å². The number of hydrogen-bond acceptors (Lipinski definition) is 6. The predicted octanol–water partition coefficient (Wildman–Crippen LogP) is 4.50. The van der Waals surface area contributed by atoms with Crippen LogP contribution in [0.15, 0.2) is 29.4 Å². The number of aromatic nitrogens is 3. The van der Waals surface area contributed by atoms with Gasteiger partial charge in [-0.1, -0.05) is 31.0 Å². The molecule has 0 spiro atoms. The molecule has 1 heterocycles. The fourth-order valence-electron chi connectivity index (χ4n) is 3.40. The van der Waals surface area contributed by atoms with Gasteiger partial charge in [0.05, 0.1) is 19.0 Å². The minimum absolute atomic E-state index is 0.107. The standard InChI is InChI=1S/C20H27N3O3S/c1-14(2)26-18(24)13-27-20-22-21-19(15-9-11-17(25-3)12-10-15)23(20)16-7-5-4-6-8-16/h9-12,14,16H,4-8,13H2,1-3H3. The molecule has 1 aromatic heterocycles. The third-order valence-corrected chi connectivity index (χ3v) is 5.56. The third-order valence-electron chi connectivity index (χ3n) is 4.64. The molecule has 0 amide bonds. The Morgan fingerprint density at radius 2 is 1.89 bits per heavy atom. The van der Waals surface area contributed by atoms with Crippen LogP contribution < -0.4 is 4.74 Å². The summed E-state index contributed by atoms with van der Waals surface area (Å²) >= 11 is 1.40. The van der Waals surface area contributed by atoms with Gasteiger partial charge in [0, 0.05) is 11.6 Å². The second-order valence-electron chi connectivity index (χ2n) is 7.02. The monoisotopic (exact) mass is 389 g/mol. The summed E-state index contributed by atoms with van der Waals surface area (Å²) in [5, 5.41) is 9.64. The van der Waals surface area contributed by atoms with Crippen LogP contribution >= 0.6 is 11.8 Å². The van der Waals surface area contributed by atoms with Crippen molar-refractivity contribution in [2.24, 2.45) is 0 Å². The normalized spacial score (nSPS) is 15.1. The van der Waals surface area contributed by atoms with Crippen molar-refractivity contribution in [3.05, 3.63) is 24.3 Å². The van der Waals surface area contributed by atoms with Gasteiger partial charge in [0.15, 0.2) is 11.0 Å². The summed E-state index contributed by atoms with van der Waals surface area (Å²) in [6.45, 7) is 3.71. The number of rotatable bonds is 7. The number of benzene rings is 1. The summed E-state index contributed by atoms with van der Waals surface area (Å²) in [6.07, 6.45) is 5.83. The molecule has 0 aliphatic heterocycles. The number of hydrogen-bond donors (Lipinski definition) is 0. The Hall–Kier alpha value is -2.02. The average molecular weight is 390 g/mol. The maximum Gasteiger partial charge on any atom is 0.316 e. The number of nitrogens with zero attached hydrogens (tertiary/aromatic N) is 3. The van der Waals surface area contributed by atoms with E-state index in [1.54, 1.807) is 7.11 Å². The molecule has 1 saturated carbocycles. The van der Waals surface area contributed by atoms with E-state index in [1.807, 2.05) is 38.1 Å². The number of carbonyl (C=O) groups is 1. The Balaban J connectivity index is 1.86. The van der Waals surface area contributed by atoms with Gasteiger partial charge < -0.3 is 9.47 Å². The maximum atomic E-state index is 11.9. The maximum absolute atomic E-state index is 11.9. The molecule has 0 radical (unpaired) electrons. The summed E-state index contributed by atoms with van der Waals surface area (Å²) in [6, 6.07) is 8.24. The van der Waals surface area contributed by atoms with Crippen molar-refractivity contribution in [3.63, 3.8) is 0 Å². The van der Waals surface area contributed by atoms with Crippen molar-refractivity contribution in [1.82, 2.24) is 14.8 Å². The van der Waals surface area contributed by atoms with Gasteiger partial charge in [-0.2, -0.15) is 0 Å². The lowest BCUT2D eigenvalue weighted by Crippen LogP contribution is -2.17. The van der Waals surface area contributed by atoms with Gasteiger partial charge in [-0.25, -0.2) is 0 Å². The van der Waals surface area contributed by atoms with Gasteiger partial charge >= 0.3 is 5.97 Å². The van der Waals surface area contributed by atoms with E-state index in [2.05, 4.69) is 14.8 Å². The van der Waals surface area contributed by atoms with Crippen molar-refractivity contribution in [2.45, 2.75) is 63.3 Å². The molecule has 2 aromatic rings. The Labute approximate surface area is 164 Å². The van der Waals surface area contributed by atoms with E-state index in [4.69, 9.17) is 9.47 Å². The highest BCUT2D eigenvalue weighted by Crippen LogP contribution is 2.35. The lowest BCUT2D eigenvalue weighted by Gasteiger charge is -2.25. The van der Waals surface area contributed by atoms with Crippen LogP contribution in [-0.2, 0) is 9.53 Å². The summed E-state index contributed by atoms with van der Waals surface area (Å²) in [5.41, 5.74) is 1.01. The van der Waals surface area contributed by atoms with E-state index >= 15 is 0 Å². The molecular weight excluding hydrogens is 362 g/mol. The van der Waals surface area contributed by atoms with Crippen molar-refractivity contribution >= 4 is 17.7 Å². The second kappa shape index (κ2) is 9.26. The van der Waals surface area contributed by atoms with Gasteiger partial charge in [0.25, 0.3) is 0 Å². The zero-order chi connectivity index (χ0) is 19.2. The fraction of sp³-hybridized carbons (Fsp3) is 0.550. The topological polar surface area (TPSA) is 66.2 Å². The summed E-state index contributed by atoms with van der Waals surface area (Å²) in [4.78, 5) is 11.9. The molecule has 0 bridgehead atoms. The third kappa shape index (κ3) is 5.03. The van der Waals surface area contributed by atoms with Gasteiger partial charge in [-0.15, -0.1) is 10.2 Å². The number of thioether (sulfide) groups is 1. The first-order valence-electron chi connectivity index (χ1n) is 9.50. The van der Waals surface area contributed by atoms with E-state index in [-0.39, 0.29) is 17.8 Å². The molecule has 7 heteroatoms. The molecule has 1 aliphatic rings. The molecular formula is C20H27N3O3S. The van der Waals surface area contributed by atoms with Crippen LogP contribution in [0.25, 0.3) is 11.4 Å². The van der Waals surface area contributed by atoms with Crippen LogP contribution in [0.1, 0.15) is 52.0 Å². The highest BCUT2D eigenvalue weighted by Gasteiger charge is 2.24. The average Bonchev–Trinajstić information content (AvgIpc) is 3.10. The molecule has 3 rings (SSSR count). The van der Waals surface area contributed by atoms with Crippen LogP contribution in [0.2, 0.25) is 0 Å². The molecule has 0 unspecified atom stereocenters. The van der Waals surface area contributed by atoms with Crippen LogP contribution in [-0.4, -0.2) is 39.7 Å². The molecule has 6 nitrogen and oxygen atoms in total. The van der Waals surface area contributed by atoms with E-state index in [9.17, 15) is 4.79 Å². The van der Waals surface area contributed by atoms with Crippen LogP contribution in [0.5, 0.6) is 5.75 Å². The van der Waals surface area contributed by atoms with E-state index in [0.29, 0.717) is 6.04 Å². The van der Waals surface area contributed by atoms with Crippen molar-refractivity contribution in [2.75, 3.05) is 12.9 Å². The zero-order valence-electron chi connectivity index (χ0n) is 16.2. The van der Waals surface area contributed by atoms with Crippen LogP contribution in [0.4, 0.5) is 0 Å². The Morgan fingerprint density at radius 1 is 1.19 bits per heavy atom. The molecule has 0 atom stereocenters. The highest BCUT2D eigenvalue weighted by molar-refractivity contribution is 7.99. The van der Waals surface area contributed by atoms with Gasteiger partial charge in [-0.3, -0.25) is 9.36 Å². The van der Waals surface area contributed by atoms with Gasteiger partial charge in [-0.05, 0) is 51.0 Å². The summed E-state index contributed by atoms with van der Waals surface area (Å²) in [5.74, 6) is 1.68. The van der Waals surface area contributed by atoms with E-state index in [0.717, 1.165) is 35.1 Å². The first kappa shape index (κ1) is 19.7. The summed E-state index contributed by atoms with van der Waals surface area (Å²) < 4.78 is 12.7. The number of carbonyl (C=O) groups excluding carboxylic acids is 1. The fourth-order valence-corrected chi connectivity index (χ4v) is 4.19. The Bertz CT molecular complexity index is 752. The number of methoxy groups -OCH3 is 1. The smallest absolute Gasteiger partial charge is 0.316 e. The highest BCUT2D eigenvalue weighted by atomic mass is 32.2. The zero-order valence-corrected chi connectivity index (χ0v) is 17.0. The lowest BCUT2D eigenvalue weighted by molar-refractivity contribution is -0.144. The van der Waals surface area contributed by atoms with Crippen LogP contribution in [0, 0.1) is 0 Å². The molecule has 1 aliphatic carbocycles. The minimum atomic E-state index is -0.223. The quantitative estimate of drug-likeness (QED) is 0.513. The first-order chi connectivity index (χ1) is 13.1. The van der Waals surface area contributed by atoms with E-state index < -0.39 is 0 Å². The van der Waals surface area contributed by atoms with Crippen LogP contribution in [0.3, 0.4) is 0 Å². The Morgan fingerprint density at radius 3 is 2.52 bits per heavy atom. The first-order valence-corrected chi connectivity index (χ1v) is 10.5. The molecule has 27 heavy (non-hydrogen) atoms. The molecule has 0 N–H and O–H groups in total. The number of esters is 1. The molecule has 1 fully saturated rings. The predicted molar refractivity (Wildman–Crippen MR) is 106 cm³/mol. The molecule has 146 valence electrons. The van der Waals surface area contributed by atoms with Crippen molar-refractivity contribution in [1.29, 1.82) is 0 Å². The Kier molecular flexibility index (Phi) is 6.77. The van der Waals surface area contributed by atoms with Gasteiger partial charge in [0.1, 0.15) is 5.75 Å². The number of ether oxygens (including phenoxy) is 2. The van der Waals surface area contributed by atoms with Gasteiger partial charge in [0.2, 0.25) is 0 Å². The molecule has 1 aromatic carbocycles.